The van der Waals surface area contributed by atoms with Crippen LogP contribution in [-0.4, -0.2) is 84.4 Å². The van der Waals surface area contributed by atoms with Gasteiger partial charge in [0.15, 0.2) is 24.8 Å². The number of aliphatic carboxylic acids is 2. The lowest BCUT2D eigenvalue weighted by atomic mass is 10.0. The van der Waals surface area contributed by atoms with Crippen LogP contribution in [0.5, 0.6) is 11.5 Å². The SMILES string of the molecule is CC1CCCN(CCCOc2ccc(-c3cc[n+]([O-])cc3)cc2)C1.CC1CCCN(CCCOc2ccc(-c3cc[n+]([O-])cc3)cc2)C1.O=C(O)/C=C/C(=O)O. The fourth-order valence-corrected chi connectivity index (χ4v) is 6.78. The van der Waals surface area contributed by atoms with E-state index in [-0.39, 0.29) is 0 Å². The van der Waals surface area contributed by atoms with E-state index in [1.807, 2.05) is 72.8 Å². The van der Waals surface area contributed by atoms with Crippen molar-refractivity contribution in [1.29, 1.82) is 0 Å². The van der Waals surface area contributed by atoms with E-state index in [4.69, 9.17) is 19.7 Å². The lowest BCUT2D eigenvalue weighted by Crippen LogP contribution is -2.35. The molecule has 2 atom stereocenters. The smallest absolute Gasteiger partial charge is 0.328 e. The summed E-state index contributed by atoms with van der Waals surface area (Å²) < 4.78 is 13.3. The highest BCUT2D eigenvalue weighted by molar-refractivity contribution is 5.89. The zero-order valence-corrected chi connectivity index (χ0v) is 32.6. The number of hydrogen-bond acceptors (Lipinski definition) is 8. The highest BCUT2D eigenvalue weighted by Crippen LogP contribution is 2.23. The molecule has 0 saturated carbocycles. The van der Waals surface area contributed by atoms with Gasteiger partial charge in [-0.2, -0.15) is 9.46 Å². The summed E-state index contributed by atoms with van der Waals surface area (Å²) in [5.41, 5.74) is 4.25. The van der Waals surface area contributed by atoms with E-state index in [0.717, 1.165) is 94.2 Å². The number of pyridine rings is 2. The van der Waals surface area contributed by atoms with E-state index in [0.29, 0.717) is 12.2 Å². The minimum Gasteiger partial charge on any atom is -0.619 e. The summed E-state index contributed by atoms with van der Waals surface area (Å²) in [4.78, 5) is 24.2. The number of hydrogen-bond donors (Lipinski definition) is 2. The first-order chi connectivity index (χ1) is 27.0. The second kappa shape index (κ2) is 23.5. The Morgan fingerprint density at radius 3 is 1.29 bits per heavy atom. The summed E-state index contributed by atoms with van der Waals surface area (Å²) in [5, 5.41) is 37.8. The van der Waals surface area contributed by atoms with E-state index >= 15 is 0 Å². The number of carboxylic acids is 2. The average Bonchev–Trinajstić information content (AvgIpc) is 3.19. The fourth-order valence-electron chi connectivity index (χ4n) is 6.78. The monoisotopic (exact) mass is 768 g/mol. The third kappa shape index (κ3) is 16.5. The van der Waals surface area contributed by atoms with Gasteiger partial charge < -0.3 is 39.9 Å². The highest BCUT2D eigenvalue weighted by Gasteiger charge is 2.16. The Bertz CT molecular complexity index is 1640. The van der Waals surface area contributed by atoms with Crippen LogP contribution in [0.25, 0.3) is 22.3 Å². The molecule has 56 heavy (non-hydrogen) atoms. The van der Waals surface area contributed by atoms with E-state index < -0.39 is 11.9 Å². The van der Waals surface area contributed by atoms with Gasteiger partial charge in [-0.25, -0.2) is 9.59 Å². The molecular weight excluding hydrogens is 713 g/mol. The van der Waals surface area contributed by atoms with Crippen molar-refractivity contribution >= 4 is 11.9 Å². The van der Waals surface area contributed by atoms with Gasteiger partial charge in [-0.1, -0.05) is 38.1 Å². The topological polar surface area (TPSA) is 153 Å². The van der Waals surface area contributed by atoms with Gasteiger partial charge in [-0.3, -0.25) is 0 Å². The molecule has 0 spiro atoms. The molecule has 2 aromatic heterocycles. The van der Waals surface area contributed by atoms with Crippen LogP contribution in [-0.2, 0) is 9.59 Å². The standard InChI is InChI=1S/2C20H26N2O2.C4H4O4/c2*1-17-4-2-11-21(16-17)12-3-15-24-20-7-5-18(6-8-20)19-9-13-22(23)14-10-19;5-3(6)1-2-4(7)8/h2*5-10,13-14,17H,2-4,11-12,15-16H2,1H3;1-2H,(H,5,6)(H,7,8)/b;;2-1+. The van der Waals surface area contributed by atoms with Gasteiger partial charge in [0.05, 0.1) is 13.2 Å². The number of aromatic nitrogens is 2. The number of likely N-dealkylation sites (tertiary alicyclic amines) is 2. The molecule has 12 heteroatoms. The summed E-state index contributed by atoms with van der Waals surface area (Å²) in [6, 6.07) is 23.4. The number of nitrogens with zero attached hydrogens (tertiary/aromatic N) is 4. The maximum atomic E-state index is 11.1. The van der Waals surface area contributed by atoms with Gasteiger partial charge in [-0.05, 0) is 110 Å². The van der Waals surface area contributed by atoms with Gasteiger partial charge in [0.2, 0.25) is 0 Å². The predicted octanol–water partition coefficient (Wildman–Crippen LogP) is 6.69. The molecule has 2 aliphatic heterocycles. The fraction of sp³-hybridized carbons (Fsp3) is 0.409. The largest absolute Gasteiger partial charge is 0.619 e. The Morgan fingerprint density at radius 1 is 0.625 bits per heavy atom. The van der Waals surface area contributed by atoms with Gasteiger partial charge in [-0.15, -0.1) is 0 Å². The van der Waals surface area contributed by atoms with Crippen LogP contribution in [0.3, 0.4) is 0 Å². The molecule has 4 heterocycles. The van der Waals surface area contributed by atoms with E-state index in [1.54, 1.807) is 0 Å². The van der Waals surface area contributed by atoms with Crippen molar-refractivity contribution in [2.24, 2.45) is 11.8 Å². The first-order valence-corrected chi connectivity index (χ1v) is 19.5. The second-order valence-corrected chi connectivity index (χ2v) is 14.5. The second-order valence-electron chi connectivity index (χ2n) is 14.5. The van der Waals surface area contributed by atoms with Crippen molar-refractivity contribution in [3.8, 4) is 33.8 Å². The molecule has 300 valence electrons. The van der Waals surface area contributed by atoms with E-state index in [9.17, 15) is 20.0 Å². The lowest BCUT2D eigenvalue weighted by molar-refractivity contribution is -0.605. The molecule has 12 nitrogen and oxygen atoms in total. The lowest BCUT2D eigenvalue weighted by Gasteiger charge is -2.30. The van der Waals surface area contributed by atoms with Crippen molar-refractivity contribution in [2.45, 2.75) is 52.4 Å². The number of ether oxygens (including phenoxy) is 2. The molecule has 2 N–H and O–H groups in total. The maximum absolute atomic E-state index is 11.1. The highest BCUT2D eigenvalue weighted by atomic mass is 16.5. The number of benzene rings is 2. The third-order valence-electron chi connectivity index (χ3n) is 9.60. The minimum atomic E-state index is -1.26. The summed E-state index contributed by atoms with van der Waals surface area (Å²) >= 11 is 0. The van der Waals surface area contributed by atoms with Crippen molar-refractivity contribution in [1.82, 2.24) is 9.80 Å². The minimum absolute atomic E-state index is 0.558. The van der Waals surface area contributed by atoms with Crippen LogP contribution in [0.4, 0.5) is 0 Å². The number of carbonyl (C=O) groups is 2. The van der Waals surface area contributed by atoms with Crippen molar-refractivity contribution in [2.75, 3.05) is 52.5 Å². The van der Waals surface area contributed by atoms with Crippen LogP contribution >= 0.6 is 0 Å². The molecule has 2 aromatic carbocycles. The average molecular weight is 769 g/mol. The van der Waals surface area contributed by atoms with Gasteiger partial charge in [0.1, 0.15) is 11.5 Å². The molecule has 0 aliphatic carbocycles. The Labute approximate surface area is 330 Å². The van der Waals surface area contributed by atoms with Crippen molar-refractivity contribution in [3.05, 3.63) is 120 Å². The van der Waals surface area contributed by atoms with Gasteiger partial charge in [0, 0.05) is 62.6 Å². The summed E-state index contributed by atoms with van der Waals surface area (Å²) in [6.07, 6.45) is 14.7. The molecule has 2 unspecified atom stereocenters. The summed E-state index contributed by atoms with van der Waals surface area (Å²) in [5.74, 6) is 0.962. The molecular formula is C44H56N4O8. The van der Waals surface area contributed by atoms with Crippen LogP contribution in [0.1, 0.15) is 52.4 Å². The van der Waals surface area contributed by atoms with Crippen LogP contribution in [0, 0.1) is 22.3 Å². The first-order valence-electron chi connectivity index (χ1n) is 19.5. The number of rotatable bonds is 14. The van der Waals surface area contributed by atoms with Crippen molar-refractivity contribution in [3.63, 3.8) is 0 Å². The van der Waals surface area contributed by atoms with E-state index in [1.165, 1.54) is 76.6 Å². The molecule has 0 bridgehead atoms. The van der Waals surface area contributed by atoms with Crippen LogP contribution in [0.15, 0.2) is 110 Å². The van der Waals surface area contributed by atoms with Crippen LogP contribution in [0.2, 0.25) is 0 Å². The van der Waals surface area contributed by atoms with Gasteiger partial charge >= 0.3 is 11.9 Å². The number of carboxylic acid groups (broad SMARTS) is 2. The Balaban J connectivity index is 0.000000209. The molecule has 2 fully saturated rings. The molecule has 6 rings (SSSR count). The Morgan fingerprint density at radius 2 is 0.964 bits per heavy atom. The summed E-state index contributed by atoms with van der Waals surface area (Å²) in [7, 11) is 0. The third-order valence-corrected chi connectivity index (χ3v) is 9.60. The summed E-state index contributed by atoms with van der Waals surface area (Å²) in [6.45, 7) is 13.4. The zero-order valence-electron chi connectivity index (χ0n) is 32.6. The van der Waals surface area contributed by atoms with Gasteiger partial charge in [0.25, 0.3) is 0 Å². The zero-order chi connectivity index (χ0) is 40.1. The molecule has 2 saturated heterocycles. The molecule has 4 aromatic rings. The molecule has 0 radical (unpaired) electrons. The normalized spacial score (nSPS) is 17.2. The first kappa shape index (κ1) is 43.3. The van der Waals surface area contributed by atoms with Crippen molar-refractivity contribution < 1.29 is 38.7 Å². The quantitative estimate of drug-likeness (QED) is 0.0614. The number of piperidine rings is 2. The predicted molar refractivity (Wildman–Crippen MR) is 216 cm³/mol. The Hall–Kier alpha value is -5.46. The molecule has 2 aliphatic rings. The van der Waals surface area contributed by atoms with Crippen LogP contribution < -0.4 is 18.9 Å². The molecule has 0 amide bonds. The maximum Gasteiger partial charge on any atom is 0.328 e. The Kier molecular flexibility index (Phi) is 18.1. The van der Waals surface area contributed by atoms with E-state index in [2.05, 4.69) is 23.6 Å².